The SMILES string of the molecule is COC(OC)(C(=O)c1ccc(OCCOCCC[Si](C)(O[Si](C)(C)C)O[Si](C)(C)C)cc1)c1ccc(OCCOCCC[Si](C)(O[Si](C)(C)C)O[Si](C)(C)C)cc1. The van der Waals surface area contributed by atoms with Gasteiger partial charge in [0.05, 0.1) is 13.2 Å². The molecule has 2 aromatic carbocycles. The van der Waals surface area contributed by atoms with Crippen molar-refractivity contribution in [1.29, 1.82) is 0 Å². The molecule has 0 radical (unpaired) electrons. The Morgan fingerprint density at radius 2 is 0.807 bits per heavy atom. The summed E-state index contributed by atoms with van der Waals surface area (Å²) in [6.45, 7) is 34.0. The number of hydrogen-bond donors (Lipinski definition) is 0. The molecule has 0 atom stereocenters. The van der Waals surface area contributed by atoms with Crippen LogP contribution in [0, 0.1) is 0 Å². The molecule has 57 heavy (non-hydrogen) atoms. The maximum atomic E-state index is 13.8. The van der Waals surface area contributed by atoms with Crippen molar-refractivity contribution in [3.63, 3.8) is 0 Å². The van der Waals surface area contributed by atoms with Crippen LogP contribution in [0.25, 0.3) is 0 Å². The molecule has 0 fully saturated rings. The lowest BCUT2D eigenvalue weighted by molar-refractivity contribution is -0.176. The first kappa shape index (κ1) is 51.8. The molecule has 0 aromatic heterocycles. The topological polar surface area (TPSA) is 109 Å². The third kappa shape index (κ3) is 20.2. The van der Waals surface area contributed by atoms with Gasteiger partial charge in [0.15, 0.2) is 33.3 Å². The Balaban J connectivity index is 1.84. The normalized spacial score (nSPS) is 13.5. The standard InChI is InChI=1S/C40H76O11Si6/c1-42-40(43-2,36-21-25-38(26-22-36)47-32-30-45-28-18-34-57(16,50-54(9,10)11)51-55(12,13)14)39(41)35-19-23-37(24-20-35)46-31-29-44-27-17-33-56(15,48-52(3,4)5)49-53(6,7)8/h19-26H,17-18,27-34H2,1-16H3. The fraction of sp³-hybridized carbons (Fsp3) is 0.675. The fourth-order valence-electron chi connectivity index (χ4n) is 6.77. The van der Waals surface area contributed by atoms with Gasteiger partial charge in [-0.05, 0) is 165 Å². The molecular weight excluding hydrogens is 825 g/mol. The molecule has 0 N–H and O–H groups in total. The van der Waals surface area contributed by atoms with Crippen molar-refractivity contribution in [2.45, 2.75) is 122 Å². The molecule has 0 aliphatic carbocycles. The lowest BCUT2D eigenvalue weighted by atomic mass is 9.95. The first-order valence-corrected chi connectivity index (χ1v) is 39.0. The zero-order valence-electron chi connectivity index (χ0n) is 38.2. The Hall–Kier alpha value is -1.31. The molecule has 0 unspecified atom stereocenters. The van der Waals surface area contributed by atoms with E-state index in [9.17, 15) is 4.79 Å². The van der Waals surface area contributed by atoms with E-state index in [1.54, 1.807) is 48.5 Å². The van der Waals surface area contributed by atoms with Gasteiger partial charge in [0.2, 0.25) is 5.78 Å². The Bertz CT molecular complexity index is 1430. The number of hydrogen-bond acceptors (Lipinski definition) is 11. The van der Waals surface area contributed by atoms with Crippen LogP contribution in [0.15, 0.2) is 48.5 Å². The van der Waals surface area contributed by atoms with Crippen molar-refractivity contribution in [3.8, 4) is 11.5 Å². The molecule has 17 heteroatoms. The number of ether oxygens (including phenoxy) is 6. The molecule has 0 aliphatic heterocycles. The van der Waals surface area contributed by atoms with Gasteiger partial charge >= 0.3 is 17.1 Å². The highest BCUT2D eigenvalue weighted by molar-refractivity contribution is 6.88. The minimum atomic E-state index is -2.27. The molecule has 2 aromatic rings. The molecule has 0 amide bonds. The van der Waals surface area contributed by atoms with Gasteiger partial charge < -0.3 is 44.9 Å². The predicted molar refractivity (Wildman–Crippen MR) is 245 cm³/mol. The molecule has 0 heterocycles. The van der Waals surface area contributed by atoms with Gasteiger partial charge in [0, 0.05) is 38.6 Å². The van der Waals surface area contributed by atoms with E-state index in [0.717, 1.165) is 24.9 Å². The van der Waals surface area contributed by atoms with Crippen molar-refractivity contribution >= 4 is 56.2 Å². The predicted octanol–water partition coefficient (Wildman–Crippen LogP) is 10.1. The number of carbonyl (C=O) groups is 1. The van der Waals surface area contributed by atoms with Crippen LogP contribution in [-0.2, 0) is 41.2 Å². The number of benzene rings is 2. The van der Waals surface area contributed by atoms with Crippen LogP contribution in [0.1, 0.15) is 28.8 Å². The highest BCUT2D eigenvalue weighted by atomic mass is 28.5. The van der Waals surface area contributed by atoms with E-state index in [2.05, 4.69) is 91.7 Å². The Morgan fingerprint density at radius 1 is 0.474 bits per heavy atom. The largest absolute Gasteiger partial charge is 0.491 e. The van der Waals surface area contributed by atoms with Gasteiger partial charge in [0.25, 0.3) is 5.79 Å². The molecule has 0 spiro atoms. The molecule has 11 nitrogen and oxygen atoms in total. The summed E-state index contributed by atoms with van der Waals surface area (Å²) in [6, 6.07) is 15.9. The Morgan fingerprint density at radius 3 is 1.12 bits per heavy atom. The van der Waals surface area contributed by atoms with E-state index < -0.39 is 56.2 Å². The number of rotatable bonds is 29. The first-order valence-electron chi connectivity index (χ1n) is 20.3. The van der Waals surface area contributed by atoms with Crippen molar-refractivity contribution in [3.05, 3.63) is 59.7 Å². The van der Waals surface area contributed by atoms with E-state index in [-0.39, 0.29) is 5.78 Å². The molecule has 0 bridgehead atoms. The van der Waals surface area contributed by atoms with Crippen LogP contribution in [0.4, 0.5) is 0 Å². The fourth-order valence-corrected chi connectivity index (χ4v) is 31.8. The average molecular weight is 902 g/mol. The van der Waals surface area contributed by atoms with Crippen LogP contribution in [0.5, 0.6) is 11.5 Å². The summed E-state index contributed by atoms with van der Waals surface area (Å²) in [6.07, 6.45) is 1.76. The smallest absolute Gasteiger partial charge is 0.314 e. The van der Waals surface area contributed by atoms with Crippen molar-refractivity contribution < 1.29 is 49.7 Å². The van der Waals surface area contributed by atoms with E-state index in [0.29, 0.717) is 62.3 Å². The maximum absolute atomic E-state index is 13.8. The number of methoxy groups -OCH3 is 2. The molecular formula is C40H76O11Si6. The summed E-state index contributed by atoms with van der Waals surface area (Å²) < 4.78 is 61.5. The van der Waals surface area contributed by atoms with Crippen LogP contribution < -0.4 is 9.47 Å². The maximum Gasteiger partial charge on any atom is 0.314 e. The minimum Gasteiger partial charge on any atom is -0.491 e. The van der Waals surface area contributed by atoms with Gasteiger partial charge in [-0.15, -0.1) is 0 Å². The quantitative estimate of drug-likeness (QED) is 0.0337. The van der Waals surface area contributed by atoms with Gasteiger partial charge in [-0.2, -0.15) is 0 Å². The summed E-state index contributed by atoms with van der Waals surface area (Å²) in [5.41, 5.74) is 0.976. The summed E-state index contributed by atoms with van der Waals surface area (Å²) in [5, 5.41) is 0. The number of Topliss-reactive ketones (excluding diaryl/α,β-unsaturated/α-hetero) is 1. The Kier molecular flexibility index (Phi) is 20.5. The Labute approximate surface area is 351 Å². The third-order valence-corrected chi connectivity index (χ3v) is 27.4. The second-order valence-electron chi connectivity index (χ2n) is 18.7. The molecule has 2 rings (SSSR count). The monoisotopic (exact) mass is 900 g/mol. The van der Waals surface area contributed by atoms with Crippen LogP contribution in [0.2, 0.25) is 104 Å². The van der Waals surface area contributed by atoms with E-state index in [4.69, 9.17) is 44.9 Å². The van der Waals surface area contributed by atoms with E-state index >= 15 is 0 Å². The summed E-state index contributed by atoms with van der Waals surface area (Å²) in [5.74, 6) is -0.671. The molecule has 326 valence electrons. The summed E-state index contributed by atoms with van der Waals surface area (Å²) >= 11 is 0. The van der Waals surface area contributed by atoms with Crippen molar-refractivity contribution in [2.24, 2.45) is 0 Å². The van der Waals surface area contributed by atoms with Gasteiger partial charge in [-0.1, -0.05) is 0 Å². The zero-order chi connectivity index (χ0) is 43.2. The van der Waals surface area contributed by atoms with Crippen LogP contribution >= 0.6 is 0 Å². The zero-order valence-corrected chi connectivity index (χ0v) is 44.2. The van der Waals surface area contributed by atoms with Gasteiger partial charge in [0.1, 0.15) is 24.7 Å². The molecule has 0 saturated carbocycles. The lowest BCUT2D eigenvalue weighted by Crippen LogP contribution is -2.52. The van der Waals surface area contributed by atoms with Crippen molar-refractivity contribution in [2.75, 3.05) is 53.9 Å². The minimum absolute atomic E-state index is 0.333. The van der Waals surface area contributed by atoms with Gasteiger partial charge in [-0.25, -0.2) is 0 Å². The number of ketones is 1. The average Bonchev–Trinajstić information content (AvgIpc) is 3.05. The lowest BCUT2D eigenvalue weighted by Gasteiger charge is -2.38. The summed E-state index contributed by atoms with van der Waals surface area (Å²) in [4.78, 5) is 13.8. The second kappa shape index (κ2) is 22.5. The number of carbonyl (C=O) groups excluding carboxylic acids is 1. The molecule has 0 saturated heterocycles. The van der Waals surface area contributed by atoms with Crippen LogP contribution in [0.3, 0.4) is 0 Å². The molecule has 0 aliphatic rings. The highest BCUT2D eigenvalue weighted by Gasteiger charge is 2.43. The van der Waals surface area contributed by atoms with Crippen LogP contribution in [-0.4, -0.2) is 110 Å². The highest BCUT2D eigenvalue weighted by Crippen LogP contribution is 2.33. The van der Waals surface area contributed by atoms with E-state index in [1.165, 1.54) is 14.2 Å². The first-order chi connectivity index (χ1) is 26.2. The van der Waals surface area contributed by atoms with Crippen molar-refractivity contribution in [1.82, 2.24) is 0 Å². The van der Waals surface area contributed by atoms with E-state index in [1.807, 2.05) is 0 Å². The van der Waals surface area contributed by atoms with Gasteiger partial charge in [-0.3, -0.25) is 4.79 Å². The summed E-state index contributed by atoms with van der Waals surface area (Å²) in [7, 11) is -8.52. The second-order valence-corrected chi connectivity index (χ2v) is 44.4. The third-order valence-electron chi connectivity index (χ3n) is 8.14.